The number of hydrogen-bond acceptors (Lipinski definition) is 5. The molecule has 0 aromatic carbocycles. The standard InChI is InChI=1S/C14H8ClF6N5O/c1-6(13(16,17)18)27-10-3-2-7(5-22-10)11-8(15)4-9-23-24-12(14(19,20)21)26(9)25-11/h2-6H,1H3. The molecular weight excluding hydrogens is 404 g/mol. The lowest BCUT2D eigenvalue weighted by Gasteiger charge is -2.16. The van der Waals surface area contributed by atoms with E-state index in [4.69, 9.17) is 11.6 Å². The Labute approximate surface area is 151 Å². The molecule has 0 bridgehead atoms. The van der Waals surface area contributed by atoms with Gasteiger partial charge in [-0.15, -0.1) is 10.2 Å². The molecule has 1 unspecified atom stereocenters. The Hall–Kier alpha value is -2.63. The Balaban J connectivity index is 1.96. The van der Waals surface area contributed by atoms with Crippen LogP contribution in [-0.2, 0) is 6.18 Å². The molecule has 6 nitrogen and oxygen atoms in total. The zero-order valence-electron chi connectivity index (χ0n) is 13.2. The van der Waals surface area contributed by atoms with Crippen LogP contribution in [0.3, 0.4) is 0 Å². The van der Waals surface area contributed by atoms with E-state index in [9.17, 15) is 26.3 Å². The third-order valence-corrected chi connectivity index (χ3v) is 3.66. The summed E-state index contributed by atoms with van der Waals surface area (Å²) in [5.74, 6) is -1.66. The van der Waals surface area contributed by atoms with Crippen molar-refractivity contribution in [2.24, 2.45) is 0 Å². The van der Waals surface area contributed by atoms with Gasteiger partial charge in [0.25, 0.3) is 5.82 Å². The topological polar surface area (TPSA) is 65.2 Å². The number of nitrogens with zero attached hydrogens (tertiary/aromatic N) is 5. The molecule has 0 aliphatic heterocycles. The third kappa shape index (κ3) is 3.89. The molecule has 3 aromatic rings. The lowest BCUT2D eigenvalue weighted by atomic mass is 10.2. The average molecular weight is 412 g/mol. The maximum atomic E-state index is 12.9. The number of fused-ring (bicyclic) bond motifs is 1. The van der Waals surface area contributed by atoms with Crippen LogP contribution in [0.2, 0.25) is 5.02 Å². The van der Waals surface area contributed by atoms with Crippen molar-refractivity contribution in [3.63, 3.8) is 0 Å². The molecular formula is C14H8ClF6N5O. The van der Waals surface area contributed by atoms with Crippen LogP contribution < -0.4 is 4.74 Å². The zero-order valence-corrected chi connectivity index (χ0v) is 13.9. The number of halogens is 7. The van der Waals surface area contributed by atoms with Gasteiger partial charge in [0, 0.05) is 23.9 Å². The van der Waals surface area contributed by atoms with E-state index in [0.29, 0.717) is 4.52 Å². The third-order valence-electron chi connectivity index (χ3n) is 3.37. The highest BCUT2D eigenvalue weighted by Gasteiger charge is 2.39. The van der Waals surface area contributed by atoms with Crippen molar-refractivity contribution in [1.29, 1.82) is 0 Å². The van der Waals surface area contributed by atoms with Crippen molar-refractivity contribution in [1.82, 2.24) is 24.8 Å². The second-order valence-corrected chi connectivity index (χ2v) is 5.73. The van der Waals surface area contributed by atoms with Gasteiger partial charge in [-0.25, -0.2) is 4.98 Å². The summed E-state index contributed by atoms with van der Waals surface area (Å²) in [6.07, 6.45) is -10.4. The smallest absolute Gasteiger partial charge is 0.453 e. The van der Waals surface area contributed by atoms with Crippen LogP contribution in [-0.4, -0.2) is 37.1 Å². The Kier molecular flexibility index (Phi) is 4.62. The minimum Gasteiger partial charge on any atom is -0.465 e. The van der Waals surface area contributed by atoms with Crippen LogP contribution in [0.25, 0.3) is 16.9 Å². The SMILES string of the molecule is CC(Oc1ccc(-c2nn3c(C(F)(F)F)nnc3cc2Cl)cn1)C(F)(F)F. The highest BCUT2D eigenvalue weighted by atomic mass is 35.5. The predicted octanol–water partition coefficient (Wildman–Crippen LogP) is 4.19. The molecule has 0 fully saturated rings. The first kappa shape index (κ1) is 19.1. The molecule has 1 atom stereocenters. The summed E-state index contributed by atoms with van der Waals surface area (Å²) < 4.78 is 81.4. The van der Waals surface area contributed by atoms with E-state index in [1.54, 1.807) is 0 Å². The molecule has 3 rings (SSSR count). The lowest BCUT2D eigenvalue weighted by Crippen LogP contribution is -2.31. The molecule has 0 spiro atoms. The van der Waals surface area contributed by atoms with Gasteiger partial charge in [0.1, 0.15) is 5.69 Å². The van der Waals surface area contributed by atoms with Crippen LogP contribution in [0.15, 0.2) is 24.4 Å². The van der Waals surface area contributed by atoms with Crippen molar-refractivity contribution >= 4 is 17.2 Å². The first-order valence-electron chi connectivity index (χ1n) is 7.16. The van der Waals surface area contributed by atoms with Gasteiger partial charge in [-0.3, -0.25) is 0 Å². The van der Waals surface area contributed by atoms with Gasteiger partial charge in [0.05, 0.1) is 5.02 Å². The van der Waals surface area contributed by atoms with Crippen LogP contribution >= 0.6 is 11.6 Å². The predicted molar refractivity (Wildman–Crippen MR) is 80.2 cm³/mol. The van der Waals surface area contributed by atoms with Gasteiger partial charge in [0.15, 0.2) is 11.8 Å². The maximum Gasteiger partial charge on any atom is 0.453 e. The van der Waals surface area contributed by atoms with E-state index in [1.807, 2.05) is 0 Å². The number of hydrogen-bond donors (Lipinski definition) is 0. The Morgan fingerprint density at radius 1 is 1.11 bits per heavy atom. The van der Waals surface area contributed by atoms with Crippen LogP contribution in [0, 0.1) is 0 Å². The average Bonchev–Trinajstić information content (AvgIpc) is 2.97. The van der Waals surface area contributed by atoms with E-state index in [2.05, 4.69) is 25.0 Å². The number of ether oxygens (including phenoxy) is 1. The molecule has 0 N–H and O–H groups in total. The highest BCUT2D eigenvalue weighted by Crippen LogP contribution is 2.31. The molecule has 0 saturated heterocycles. The Morgan fingerprint density at radius 3 is 2.37 bits per heavy atom. The van der Waals surface area contributed by atoms with Crippen molar-refractivity contribution in [2.75, 3.05) is 0 Å². The largest absolute Gasteiger partial charge is 0.465 e. The van der Waals surface area contributed by atoms with E-state index in [-0.39, 0.29) is 27.8 Å². The maximum absolute atomic E-state index is 12.9. The van der Waals surface area contributed by atoms with Gasteiger partial charge in [-0.2, -0.15) is 36.0 Å². The second kappa shape index (κ2) is 6.51. The number of pyridine rings is 1. The molecule has 3 aromatic heterocycles. The van der Waals surface area contributed by atoms with Gasteiger partial charge < -0.3 is 4.74 Å². The molecule has 3 heterocycles. The van der Waals surface area contributed by atoms with Crippen LogP contribution in [0.4, 0.5) is 26.3 Å². The molecule has 144 valence electrons. The zero-order chi connectivity index (χ0) is 20.0. The number of aromatic nitrogens is 5. The molecule has 0 amide bonds. The summed E-state index contributed by atoms with van der Waals surface area (Å²) in [5.41, 5.74) is -0.142. The fraction of sp³-hybridized carbons (Fsp3) is 0.286. The minimum absolute atomic E-state index is 0.0391. The van der Waals surface area contributed by atoms with Crippen LogP contribution in [0.1, 0.15) is 12.7 Å². The van der Waals surface area contributed by atoms with E-state index < -0.39 is 24.3 Å². The summed E-state index contributed by atoms with van der Waals surface area (Å²) in [7, 11) is 0. The second-order valence-electron chi connectivity index (χ2n) is 5.32. The lowest BCUT2D eigenvalue weighted by molar-refractivity contribution is -0.189. The molecule has 0 aliphatic rings. The molecule has 0 saturated carbocycles. The Morgan fingerprint density at radius 2 is 1.81 bits per heavy atom. The van der Waals surface area contributed by atoms with Crippen molar-refractivity contribution < 1.29 is 31.1 Å². The minimum atomic E-state index is -4.79. The Bertz CT molecular complexity index is 969. The van der Waals surface area contributed by atoms with E-state index >= 15 is 0 Å². The molecule has 13 heteroatoms. The van der Waals surface area contributed by atoms with Crippen molar-refractivity contribution in [2.45, 2.75) is 25.4 Å². The van der Waals surface area contributed by atoms with Gasteiger partial charge in [0.2, 0.25) is 5.88 Å². The fourth-order valence-corrected chi connectivity index (χ4v) is 2.26. The number of alkyl halides is 6. The summed E-state index contributed by atoms with van der Waals surface area (Å²) in [6, 6.07) is 3.52. The summed E-state index contributed by atoms with van der Waals surface area (Å²) in [6.45, 7) is 0.812. The van der Waals surface area contributed by atoms with E-state index in [1.165, 1.54) is 6.07 Å². The first-order valence-corrected chi connectivity index (χ1v) is 7.53. The van der Waals surface area contributed by atoms with Gasteiger partial charge in [-0.05, 0) is 13.0 Å². The summed E-state index contributed by atoms with van der Waals surface area (Å²) in [4.78, 5) is 3.70. The normalized spacial score (nSPS) is 13.8. The summed E-state index contributed by atoms with van der Waals surface area (Å²) in [5, 5.41) is 10.1. The first-order chi connectivity index (χ1) is 12.5. The van der Waals surface area contributed by atoms with Crippen molar-refractivity contribution in [3.8, 4) is 17.1 Å². The molecule has 27 heavy (non-hydrogen) atoms. The molecule has 0 aliphatic carbocycles. The van der Waals surface area contributed by atoms with Crippen molar-refractivity contribution in [3.05, 3.63) is 35.2 Å². The monoisotopic (exact) mass is 411 g/mol. The number of rotatable bonds is 3. The molecule has 0 radical (unpaired) electrons. The quantitative estimate of drug-likeness (QED) is 0.605. The van der Waals surface area contributed by atoms with E-state index in [0.717, 1.165) is 25.3 Å². The van der Waals surface area contributed by atoms with Gasteiger partial charge in [-0.1, -0.05) is 11.6 Å². The van der Waals surface area contributed by atoms with Crippen LogP contribution in [0.5, 0.6) is 5.88 Å². The highest BCUT2D eigenvalue weighted by molar-refractivity contribution is 6.33. The van der Waals surface area contributed by atoms with Gasteiger partial charge >= 0.3 is 12.4 Å². The summed E-state index contributed by atoms with van der Waals surface area (Å²) >= 11 is 6.01. The fourth-order valence-electron chi connectivity index (χ4n) is 2.02.